The van der Waals surface area contributed by atoms with Crippen LogP contribution in [0.5, 0.6) is 0 Å². The Hall–Kier alpha value is -1.59. The third kappa shape index (κ3) is 3.72. The van der Waals surface area contributed by atoms with E-state index in [1.54, 1.807) is 25.1 Å². The Labute approximate surface area is 110 Å². The molecule has 0 aliphatic rings. The van der Waals surface area contributed by atoms with Gasteiger partial charge in [-0.25, -0.2) is 4.79 Å². The molecule has 0 bridgehead atoms. The van der Waals surface area contributed by atoms with Crippen molar-refractivity contribution >= 4 is 29.0 Å². The number of hydrogen-bond donors (Lipinski definition) is 2. The molecule has 1 rings (SSSR count). The second kappa shape index (κ2) is 6.98. The molecule has 2 N–H and O–H groups in total. The van der Waals surface area contributed by atoms with Crippen LogP contribution >= 0.6 is 12.2 Å². The van der Waals surface area contributed by atoms with Gasteiger partial charge >= 0.3 is 5.97 Å². The highest BCUT2D eigenvalue weighted by atomic mass is 32.1. The second-order valence-electron chi connectivity index (χ2n) is 3.44. The third-order valence-corrected chi connectivity index (χ3v) is 2.30. The maximum absolute atomic E-state index is 11.3. The van der Waals surface area contributed by atoms with Crippen molar-refractivity contribution in [3.8, 4) is 0 Å². The van der Waals surface area contributed by atoms with Gasteiger partial charge in [-0.05, 0) is 36.8 Å². The van der Waals surface area contributed by atoms with E-state index in [0.717, 1.165) is 0 Å². The molecule has 0 spiro atoms. The van der Waals surface area contributed by atoms with Gasteiger partial charge in [0.1, 0.15) is 6.10 Å². The van der Waals surface area contributed by atoms with E-state index in [0.29, 0.717) is 11.3 Å². The molecule has 1 aromatic carbocycles. The van der Waals surface area contributed by atoms with Crippen LogP contribution in [0.15, 0.2) is 29.3 Å². The Kier molecular flexibility index (Phi) is 5.61. The Morgan fingerprint density at radius 2 is 2.28 bits per heavy atom. The lowest BCUT2D eigenvalue weighted by Gasteiger charge is -2.16. The molecule has 5 nitrogen and oxygen atoms in total. The minimum absolute atomic E-state index is 0.137. The summed E-state index contributed by atoms with van der Waals surface area (Å²) in [6.07, 6.45) is -3.00. The average Bonchev–Trinajstić information content (AvgIpc) is 2.38. The van der Waals surface area contributed by atoms with Crippen LogP contribution < -0.4 is 0 Å². The number of aliphatic hydroxyl groups is 2. The highest BCUT2D eigenvalue weighted by molar-refractivity contribution is 7.78. The van der Waals surface area contributed by atoms with Crippen molar-refractivity contribution in [3.05, 3.63) is 29.8 Å². The number of aliphatic imine (C=N–C) groups is 1. The topological polar surface area (TPSA) is 79.1 Å². The van der Waals surface area contributed by atoms with Gasteiger partial charge in [0, 0.05) is 0 Å². The molecule has 1 aromatic rings. The van der Waals surface area contributed by atoms with Crippen molar-refractivity contribution in [2.75, 3.05) is 6.61 Å². The predicted molar refractivity (Wildman–Crippen MR) is 68.7 cm³/mol. The van der Waals surface area contributed by atoms with Crippen LogP contribution in [0.3, 0.4) is 0 Å². The maximum Gasteiger partial charge on any atom is 0.338 e. The minimum Gasteiger partial charge on any atom is -0.464 e. The van der Waals surface area contributed by atoms with Crippen molar-refractivity contribution in [3.63, 3.8) is 0 Å². The van der Waals surface area contributed by atoms with Crippen LogP contribution in [0, 0.1) is 0 Å². The van der Waals surface area contributed by atoms with Gasteiger partial charge in [0.15, 0.2) is 6.10 Å². The molecule has 18 heavy (non-hydrogen) atoms. The van der Waals surface area contributed by atoms with Crippen LogP contribution in [0.1, 0.15) is 18.6 Å². The molecule has 0 fully saturated rings. The van der Waals surface area contributed by atoms with Gasteiger partial charge in [0.05, 0.1) is 17.5 Å². The molecular formula is C12H13NO4S. The van der Waals surface area contributed by atoms with E-state index in [1.165, 1.54) is 6.07 Å². The molecule has 0 aliphatic heterocycles. The summed E-state index contributed by atoms with van der Waals surface area (Å²) in [4.78, 5) is 15.0. The van der Waals surface area contributed by atoms with E-state index < -0.39 is 18.2 Å². The molecule has 96 valence electrons. The number of isothiocyanates is 1. The fourth-order valence-corrected chi connectivity index (χ4v) is 1.48. The molecule has 0 amide bonds. The molecule has 2 unspecified atom stereocenters. The van der Waals surface area contributed by atoms with Crippen molar-refractivity contribution < 1.29 is 19.7 Å². The predicted octanol–water partition coefficient (Wildman–Crippen LogP) is 1.38. The van der Waals surface area contributed by atoms with Crippen LogP contribution in [0.25, 0.3) is 0 Å². The summed E-state index contributed by atoms with van der Waals surface area (Å²) in [6.45, 7) is 1.75. The standard InChI is InChI=1S/C12H13NO4S/c1-2-17-12(16)11(15)10(14)8-4-3-5-9(6-8)13-7-18/h3-6,10-11,14-15H,2H2,1H3. The summed E-state index contributed by atoms with van der Waals surface area (Å²) >= 11 is 4.47. The first-order valence-corrected chi connectivity index (χ1v) is 5.71. The minimum atomic E-state index is -1.63. The van der Waals surface area contributed by atoms with E-state index in [4.69, 9.17) is 0 Å². The second-order valence-corrected chi connectivity index (χ2v) is 3.62. The molecule has 6 heteroatoms. The molecular weight excluding hydrogens is 254 g/mol. The van der Waals surface area contributed by atoms with E-state index in [9.17, 15) is 15.0 Å². The quantitative estimate of drug-likeness (QED) is 0.478. The third-order valence-electron chi connectivity index (χ3n) is 2.21. The number of carbonyl (C=O) groups excluding carboxylic acids is 1. The first kappa shape index (κ1) is 14.5. The smallest absolute Gasteiger partial charge is 0.338 e. The lowest BCUT2D eigenvalue weighted by molar-refractivity contribution is -0.159. The number of esters is 1. The molecule has 2 atom stereocenters. The lowest BCUT2D eigenvalue weighted by Crippen LogP contribution is -2.29. The first-order valence-electron chi connectivity index (χ1n) is 5.30. The number of carbonyl (C=O) groups is 1. The largest absolute Gasteiger partial charge is 0.464 e. The summed E-state index contributed by atoms with van der Waals surface area (Å²) < 4.78 is 4.62. The Bertz CT molecular complexity index is 471. The molecule has 0 aliphatic carbocycles. The number of thiocarbonyl (C=S) groups is 1. The summed E-state index contributed by atoms with van der Waals surface area (Å²) in [5.74, 6) is -0.867. The van der Waals surface area contributed by atoms with E-state index in [-0.39, 0.29) is 6.61 Å². The SMILES string of the molecule is CCOC(=O)C(O)C(O)c1cccc(N=C=S)c1. The molecule has 0 heterocycles. The molecule has 0 saturated carbocycles. The van der Waals surface area contributed by atoms with Crippen molar-refractivity contribution in [1.29, 1.82) is 0 Å². The van der Waals surface area contributed by atoms with Crippen LogP contribution in [0.4, 0.5) is 5.69 Å². The number of hydrogen-bond acceptors (Lipinski definition) is 6. The van der Waals surface area contributed by atoms with Crippen molar-refractivity contribution in [2.45, 2.75) is 19.1 Å². The van der Waals surface area contributed by atoms with Gasteiger partial charge in [0.2, 0.25) is 0 Å². The van der Waals surface area contributed by atoms with Crippen molar-refractivity contribution in [2.24, 2.45) is 4.99 Å². The zero-order valence-corrected chi connectivity index (χ0v) is 10.6. The normalized spacial score (nSPS) is 13.3. The van der Waals surface area contributed by atoms with Gasteiger partial charge < -0.3 is 14.9 Å². The van der Waals surface area contributed by atoms with Gasteiger partial charge in [-0.1, -0.05) is 12.1 Å². The van der Waals surface area contributed by atoms with Gasteiger partial charge in [0.25, 0.3) is 0 Å². The fourth-order valence-electron chi connectivity index (χ4n) is 1.37. The first-order chi connectivity index (χ1) is 8.60. The lowest BCUT2D eigenvalue weighted by atomic mass is 10.0. The molecule has 0 radical (unpaired) electrons. The van der Waals surface area contributed by atoms with E-state index in [2.05, 4.69) is 27.1 Å². The average molecular weight is 267 g/mol. The summed E-state index contributed by atoms with van der Waals surface area (Å²) in [6, 6.07) is 6.36. The zero-order valence-electron chi connectivity index (χ0n) is 9.74. The number of rotatable bonds is 5. The zero-order chi connectivity index (χ0) is 13.5. The molecule has 0 aromatic heterocycles. The van der Waals surface area contributed by atoms with Crippen LogP contribution in [0.2, 0.25) is 0 Å². The monoisotopic (exact) mass is 267 g/mol. The van der Waals surface area contributed by atoms with E-state index in [1.807, 2.05) is 0 Å². The number of benzene rings is 1. The maximum atomic E-state index is 11.3. The van der Waals surface area contributed by atoms with Gasteiger partial charge in [-0.3, -0.25) is 0 Å². The number of ether oxygens (including phenoxy) is 1. The Morgan fingerprint density at radius 1 is 1.56 bits per heavy atom. The van der Waals surface area contributed by atoms with Crippen LogP contribution in [-0.2, 0) is 9.53 Å². The van der Waals surface area contributed by atoms with E-state index >= 15 is 0 Å². The number of aliphatic hydroxyl groups excluding tert-OH is 2. The Morgan fingerprint density at radius 3 is 2.89 bits per heavy atom. The fraction of sp³-hybridized carbons (Fsp3) is 0.333. The summed E-state index contributed by atoms with van der Waals surface area (Å²) in [7, 11) is 0. The highest BCUT2D eigenvalue weighted by Crippen LogP contribution is 2.22. The molecule has 0 saturated heterocycles. The van der Waals surface area contributed by atoms with Gasteiger partial charge in [-0.2, -0.15) is 4.99 Å². The van der Waals surface area contributed by atoms with Crippen LogP contribution in [-0.4, -0.2) is 34.1 Å². The highest BCUT2D eigenvalue weighted by Gasteiger charge is 2.26. The van der Waals surface area contributed by atoms with Crippen molar-refractivity contribution in [1.82, 2.24) is 0 Å². The number of nitrogens with zero attached hydrogens (tertiary/aromatic N) is 1. The summed E-state index contributed by atoms with van der Waals surface area (Å²) in [5.41, 5.74) is 0.833. The van der Waals surface area contributed by atoms with Gasteiger partial charge in [-0.15, -0.1) is 0 Å². The summed E-state index contributed by atoms with van der Waals surface area (Å²) in [5, 5.41) is 21.6. The Balaban J connectivity index is 2.89.